The van der Waals surface area contributed by atoms with Gasteiger partial charge in [0.15, 0.2) is 17.3 Å². The molecule has 24 heavy (non-hydrogen) atoms. The van der Waals surface area contributed by atoms with Gasteiger partial charge >= 0.3 is 0 Å². The summed E-state index contributed by atoms with van der Waals surface area (Å²) in [6.07, 6.45) is 0. The Kier molecular flexibility index (Phi) is 4.14. The molecule has 2 N–H and O–H groups in total. The number of aromatic hydroxyl groups is 1. The molecular weight excluding hydrogens is 312 g/mol. The van der Waals surface area contributed by atoms with Gasteiger partial charge in [-0.05, 0) is 29.8 Å². The summed E-state index contributed by atoms with van der Waals surface area (Å²) in [5.74, 6) is 0.271. The Morgan fingerprint density at radius 3 is 2.42 bits per heavy atom. The summed E-state index contributed by atoms with van der Waals surface area (Å²) >= 11 is 0. The van der Waals surface area contributed by atoms with Crippen molar-refractivity contribution in [2.75, 3.05) is 14.2 Å². The van der Waals surface area contributed by atoms with Crippen molar-refractivity contribution in [3.8, 4) is 28.6 Å². The number of para-hydroxylation sites is 1. The van der Waals surface area contributed by atoms with E-state index >= 15 is 0 Å². The van der Waals surface area contributed by atoms with E-state index in [4.69, 9.17) is 13.9 Å². The lowest BCUT2D eigenvalue weighted by atomic mass is 10.0. The highest BCUT2D eigenvalue weighted by atomic mass is 16.5. The van der Waals surface area contributed by atoms with E-state index < -0.39 is 11.2 Å². The first-order valence-electron chi connectivity index (χ1n) is 7.21. The molecule has 6 heteroatoms. The minimum Gasteiger partial charge on any atom is -0.502 e. The first-order valence-corrected chi connectivity index (χ1v) is 7.21. The zero-order chi connectivity index (χ0) is 17.3. The number of aliphatic hydroxyl groups excluding tert-OH is 1. The number of hydrogen-bond donors (Lipinski definition) is 2. The minimum absolute atomic E-state index is 0.0243. The van der Waals surface area contributed by atoms with Crippen LogP contribution in [0.5, 0.6) is 17.2 Å². The minimum atomic E-state index is -0.537. The smallest absolute Gasteiger partial charge is 0.235 e. The van der Waals surface area contributed by atoms with Crippen LogP contribution in [-0.4, -0.2) is 24.4 Å². The molecule has 0 aliphatic rings. The standard InChI is InChI=1S/C18H16O6/c1-22-14-7-10(9-19)12(8-15(14)23-2)18-17(21)16(20)11-5-3-4-6-13(11)24-18/h3-8,19,21H,9H2,1-2H3. The molecule has 1 heterocycles. The van der Waals surface area contributed by atoms with Crippen molar-refractivity contribution in [2.24, 2.45) is 0 Å². The monoisotopic (exact) mass is 328 g/mol. The van der Waals surface area contributed by atoms with E-state index in [0.717, 1.165) is 0 Å². The van der Waals surface area contributed by atoms with E-state index in [9.17, 15) is 15.0 Å². The van der Waals surface area contributed by atoms with E-state index in [1.807, 2.05) is 0 Å². The first-order chi connectivity index (χ1) is 11.6. The zero-order valence-electron chi connectivity index (χ0n) is 13.2. The zero-order valence-corrected chi connectivity index (χ0v) is 13.2. The second-order valence-corrected chi connectivity index (χ2v) is 5.13. The maximum atomic E-state index is 12.4. The van der Waals surface area contributed by atoms with Crippen molar-refractivity contribution in [1.29, 1.82) is 0 Å². The molecule has 3 rings (SSSR count). The van der Waals surface area contributed by atoms with Crippen LogP contribution in [0.1, 0.15) is 5.56 Å². The highest BCUT2D eigenvalue weighted by molar-refractivity contribution is 5.82. The first kappa shape index (κ1) is 15.9. The molecule has 0 bridgehead atoms. The fourth-order valence-corrected chi connectivity index (χ4v) is 2.58. The molecule has 0 aliphatic heterocycles. The molecule has 0 saturated heterocycles. The van der Waals surface area contributed by atoms with E-state index in [1.165, 1.54) is 14.2 Å². The molecule has 0 saturated carbocycles. The molecule has 0 aliphatic carbocycles. The van der Waals surface area contributed by atoms with E-state index in [1.54, 1.807) is 36.4 Å². The van der Waals surface area contributed by atoms with Crippen molar-refractivity contribution < 1.29 is 24.1 Å². The average molecular weight is 328 g/mol. The molecule has 124 valence electrons. The Hall–Kier alpha value is -2.99. The van der Waals surface area contributed by atoms with E-state index in [-0.39, 0.29) is 17.8 Å². The Balaban J connectivity index is 2.35. The summed E-state index contributed by atoms with van der Waals surface area (Å²) in [7, 11) is 2.95. The second-order valence-electron chi connectivity index (χ2n) is 5.13. The molecule has 0 fully saturated rings. The van der Waals surface area contributed by atoms with Gasteiger partial charge in [0.25, 0.3) is 0 Å². The van der Waals surface area contributed by atoms with Crippen LogP contribution in [0, 0.1) is 0 Å². The lowest BCUT2D eigenvalue weighted by Crippen LogP contribution is -2.04. The fourth-order valence-electron chi connectivity index (χ4n) is 2.58. The molecule has 3 aromatic rings. The maximum absolute atomic E-state index is 12.4. The quantitative estimate of drug-likeness (QED) is 0.765. The van der Waals surface area contributed by atoms with Crippen LogP contribution in [0.3, 0.4) is 0 Å². The van der Waals surface area contributed by atoms with Crippen LogP contribution in [0.4, 0.5) is 0 Å². The molecule has 2 aromatic carbocycles. The lowest BCUT2D eigenvalue weighted by Gasteiger charge is -2.14. The van der Waals surface area contributed by atoms with Crippen LogP contribution in [-0.2, 0) is 6.61 Å². The topological polar surface area (TPSA) is 89.1 Å². The van der Waals surface area contributed by atoms with Gasteiger partial charge in [-0.1, -0.05) is 12.1 Å². The number of ether oxygens (including phenoxy) is 2. The Labute approximate surface area is 137 Å². The highest BCUT2D eigenvalue weighted by Gasteiger charge is 2.20. The Morgan fingerprint density at radius 1 is 1.08 bits per heavy atom. The van der Waals surface area contributed by atoms with Crippen molar-refractivity contribution in [3.05, 3.63) is 52.2 Å². The van der Waals surface area contributed by atoms with E-state index in [0.29, 0.717) is 28.2 Å². The van der Waals surface area contributed by atoms with Crippen molar-refractivity contribution in [2.45, 2.75) is 6.61 Å². The molecular formula is C18H16O6. The summed E-state index contributed by atoms with van der Waals surface area (Å²) in [5, 5.41) is 20.2. The SMILES string of the molecule is COc1cc(CO)c(-c2oc3ccccc3c(=O)c2O)cc1OC. The number of fused-ring (bicyclic) bond motifs is 1. The summed E-state index contributed by atoms with van der Waals surface area (Å²) in [4.78, 5) is 12.4. The average Bonchev–Trinajstić information content (AvgIpc) is 2.63. The van der Waals surface area contributed by atoms with Gasteiger partial charge in [-0.2, -0.15) is 0 Å². The number of aliphatic hydroxyl groups is 1. The van der Waals surface area contributed by atoms with Gasteiger partial charge in [0.1, 0.15) is 5.58 Å². The number of rotatable bonds is 4. The molecule has 1 aromatic heterocycles. The normalized spacial score (nSPS) is 10.8. The third-order valence-corrected chi connectivity index (χ3v) is 3.80. The van der Waals surface area contributed by atoms with Crippen molar-refractivity contribution >= 4 is 11.0 Å². The third kappa shape index (κ3) is 2.47. The fraction of sp³-hybridized carbons (Fsp3) is 0.167. The van der Waals surface area contributed by atoms with Gasteiger partial charge in [0.2, 0.25) is 11.2 Å². The van der Waals surface area contributed by atoms with Gasteiger partial charge in [-0.15, -0.1) is 0 Å². The number of hydrogen-bond acceptors (Lipinski definition) is 6. The predicted octanol–water partition coefficient (Wildman–Crippen LogP) is 2.68. The van der Waals surface area contributed by atoms with Crippen LogP contribution < -0.4 is 14.9 Å². The van der Waals surface area contributed by atoms with Gasteiger partial charge in [-0.25, -0.2) is 0 Å². The van der Waals surface area contributed by atoms with Crippen LogP contribution in [0.15, 0.2) is 45.6 Å². The van der Waals surface area contributed by atoms with Crippen molar-refractivity contribution in [3.63, 3.8) is 0 Å². The van der Waals surface area contributed by atoms with Gasteiger partial charge < -0.3 is 24.1 Å². The second kappa shape index (κ2) is 6.25. The number of methoxy groups -OCH3 is 2. The number of benzene rings is 2. The molecule has 0 spiro atoms. The van der Waals surface area contributed by atoms with Gasteiger partial charge in [0.05, 0.1) is 26.2 Å². The predicted molar refractivity (Wildman–Crippen MR) is 88.6 cm³/mol. The van der Waals surface area contributed by atoms with E-state index in [2.05, 4.69) is 0 Å². The maximum Gasteiger partial charge on any atom is 0.235 e. The summed E-state index contributed by atoms with van der Waals surface area (Å²) in [6.45, 7) is -0.328. The lowest BCUT2D eigenvalue weighted by molar-refractivity contribution is 0.280. The molecule has 0 atom stereocenters. The highest BCUT2D eigenvalue weighted by Crippen LogP contribution is 2.39. The largest absolute Gasteiger partial charge is 0.502 e. The molecule has 0 unspecified atom stereocenters. The van der Waals surface area contributed by atoms with Crippen LogP contribution in [0.2, 0.25) is 0 Å². The van der Waals surface area contributed by atoms with Crippen LogP contribution >= 0.6 is 0 Å². The molecule has 0 amide bonds. The Bertz CT molecular complexity index is 958. The Morgan fingerprint density at radius 2 is 1.75 bits per heavy atom. The summed E-state index contributed by atoms with van der Waals surface area (Å²) < 4.78 is 16.2. The third-order valence-electron chi connectivity index (χ3n) is 3.80. The summed E-state index contributed by atoms with van der Waals surface area (Å²) in [6, 6.07) is 9.76. The van der Waals surface area contributed by atoms with Crippen molar-refractivity contribution in [1.82, 2.24) is 0 Å². The summed E-state index contributed by atoms with van der Waals surface area (Å²) in [5.41, 5.74) is 0.594. The molecule has 0 radical (unpaired) electrons. The molecule has 6 nitrogen and oxygen atoms in total. The van der Waals surface area contributed by atoms with Gasteiger partial charge in [-0.3, -0.25) is 4.79 Å². The van der Waals surface area contributed by atoms with Crippen LogP contribution in [0.25, 0.3) is 22.3 Å². The van der Waals surface area contributed by atoms with Gasteiger partial charge in [0, 0.05) is 5.56 Å².